The average Bonchev–Trinajstić information content (AvgIpc) is 2.07. The predicted molar refractivity (Wildman–Crippen MR) is 60.6 cm³/mol. The number of halogens is 1. The molecule has 1 aliphatic rings. The van der Waals surface area contributed by atoms with Crippen LogP contribution in [0.15, 0.2) is 18.2 Å². The van der Waals surface area contributed by atoms with Gasteiger partial charge >= 0.3 is 0 Å². The van der Waals surface area contributed by atoms with Crippen molar-refractivity contribution in [2.24, 2.45) is 0 Å². The van der Waals surface area contributed by atoms with Gasteiger partial charge < -0.3 is 5.32 Å². The first-order valence-electron chi connectivity index (χ1n) is 4.31. The van der Waals surface area contributed by atoms with Gasteiger partial charge in [0.05, 0.1) is 5.69 Å². The van der Waals surface area contributed by atoms with Crippen molar-refractivity contribution in [3.63, 3.8) is 0 Å². The van der Waals surface area contributed by atoms with Crippen molar-refractivity contribution >= 4 is 28.3 Å². The Hall–Kier alpha value is -0.250. The normalized spacial score (nSPS) is 21.3. The minimum absolute atomic E-state index is 0.633. The molecule has 0 aromatic heterocycles. The molecule has 2 heteroatoms. The molecule has 1 nitrogen and oxygen atoms in total. The highest BCUT2D eigenvalue weighted by Crippen LogP contribution is 2.28. The van der Waals surface area contributed by atoms with Crippen LogP contribution in [0.5, 0.6) is 0 Å². The monoisotopic (exact) mass is 273 g/mol. The molecule has 1 aromatic carbocycles. The smallest absolute Gasteiger partial charge is 0.0510 e. The molecule has 0 radical (unpaired) electrons. The summed E-state index contributed by atoms with van der Waals surface area (Å²) in [5.41, 5.74) is 2.83. The molecular weight excluding hydrogens is 261 g/mol. The molecule has 2 rings (SSSR count). The molecule has 0 saturated heterocycles. The first kappa shape index (κ1) is 8.35. The number of nitrogens with one attached hydrogen (secondary N) is 1. The zero-order valence-corrected chi connectivity index (χ0v) is 9.26. The summed E-state index contributed by atoms with van der Waals surface area (Å²) in [7, 11) is 0. The number of hydrogen-bond donors (Lipinski definition) is 1. The minimum atomic E-state index is 0.633. The van der Waals surface area contributed by atoms with E-state index >= 15 is 0 Å². The Labute approximate surface area is 86.7 Å². The van der Waals surface area contributed by atoms with Crippen molar-refractivity contribution in [2.75, 3.05) is 5.32 Å². The van der Waals surface area contributed by atoms with E-state index in [1.54, 1.807) is 0 Å². The molecule has 0 spiro atoms. The molecule has 1 aromatic rings. The second-order valence-corrected chi connectivity index (χ2v) is 4.52. The number of anilines is 1. The van der Waals surface area contributed by atoms with Crippen molar-refractivity contribution < 1.29 is 0 Å². The maximum Gasteiger partial charge on any atom is 0.0510 e. The Morgan fingerprint density at radius 1 is 1.50 bits per heavy atom. The van der Waals surface area contributed by atoms with E-state index in [4.69, 9.17) is 0 Å². The van der Waals surface area contributed by atoms with Crippen LogP contribution in [0.3, 0.4) is 0 Å². The lowest BCUT2D eigenvalue weighted by Crippen LogP contribution is -2.22. The predicted octanol–water partition coefficient (Wildman–Crippen LogP) is 3.04. The fourth-order valence-electron chi connectivity index (χ4n) is 1.63. The molecule has 0 bridgehead atoms. The molecular formula is C10H12IN. The summed E-state index contributed by atoms with van der Waals surface area (Å²) in [5.74, 6) is 0. The van der Waals surface area contributed by atoms with Crippen molar-refractivity contribution in [3.05, 3.63) is 27.3 Å². The van der Waals surface area contributed by atoms with Gasteiger partial charge in [0.1, 0.15) is 0 Å². The van der Waals surface area contributed by atoms with E-state index in [0.29, 0.717) is 6.04 Å². The summed E-state index contributed by atoms with van der Waals surface area (Å²) in [6.45, 7) is 2.24. The van der Waals surface area contributed by atoms with Gasteiger partial charge in [-0.15, -0.1) is 0 Å². The highest BCUT2D eigenvalue weighted by molar-refractivity contribution is 14.1. The summed E-state index contributed by atoms with van der Waals surface area (Å²) in [4.78, 5) is 0. The van der Waals surface area contributed by atoms with E-state index in [1.165, 1.54) is 27.7 Å². The standard InChI is InChI=1S/C10H12IN/c1-7-5-6-8-3-2-4-9(11)10(8)12-7/h2-4,7,12H,5-6H2,1H3. The third kappa shape index (κ3) is 1.44. The van der Waals surface area contributed by atoms with Gasteiger partial charge in [0.2, 0.25) is 0 Å². The van der Waals surface area contributed by atoms with Crippen LogP contribution in [0.25, 0.3) is 0 Å². The van der Waals surface area contributed by atoms with Gasteiger partial charge in [-0.2, -0.15) is 0 Å². The van der Waals surface area contributed by atoms with E-state index in [9.17, 15) is 0 Å². The zero-order valence-electron chi connectivity index (χ0n) is 7.10. The van der Waals surface area contributed by atoms with Crippen LogP contribution in [0.4, 0.5) is 5.69 Å². The average molecular weight is 273 g/mol. The molecule has 64 valence electrons. The van der Waals surface area contributed by atoms with Gasteiger partial charge in [0.25, 0.3) is 0 Å². The van der Waals surface area contributed by atoms with Gasteiger partial charge in [-0.1, -0.05) is 12.1 Å². The third-order valence-electron chi connectivity index (χ3n) is 2.34. The van der Waals surface area contributed by atoms with Gasteiger partial charge in [0.15, 0.2) is 0 Å². The Morgan fingerprint density at radius 3 is 3.17 bits per heavy atom. The van der Waals surface area contributed by atoms with E-state index < -0.39 is 0 Å². The van der Waals surface area contributed by atoms with Gasteiger partial charge in [-0.25, -0.2) is 0 Å². The van der Waals surface area contributed by atoms with Crippen LogP contribution < -0.4 is 5.32 Å². The fraction of sp³-hybridized carbons (Fsp3) is 0.400. The van der Waals surface area contributed by atoms with Crippen molar-refractivity contribution in [1.29, 1.82) is 0 Å². The summed E-state index contributed by atoms with van der Waals surface area (Å²) in [5, 5.41) is 3.52. The van der Waals surface area contributed by atoms with Crippen molar-refractivity contribution in [3.8, 4) is 0 Å². The highest BCUT2D eigenvalue weighted by atomic mass is 127. The second-order valence-electron chi connectivity index (χ2n) is 3.36. The van der Waals surface area contributed by atoms with Crippen molar-refractivity contribution in [1.82, 2.24) is 0 Å². The first-order valence-corrected chi connectivity index (χ1v) is 5.39. The minimum Gasteiger partial charge on any atom is -0.382 e. The molecule has 1 unspecified atom stereocenters. The van der Waals surface area contributed by atoms with Crippen molar-refractivity contribution in [2.45, 2.75) is 25.8 Å². The van der Waals surface area contributed by atoms with Crippen LogP contribution >= 0.6 is 22.6 Å². The first-order chi connectivity index (χ1) is 5.77. The molecule has 0 saturated carbocycles. The maximum absolute atomic E-state index is 3.52. The quantitative estimate of drug-likeness (QED) is 0.716. The van der Waals surface area contributed by atoms with Crippen LogP contribution in [0.2, 0.25) is 0 Å². The van der Waals surface area contributed by atoms with Crippen LogP contribution in [0, 0.1) is 3.57 Å². The number of aryl methyl sites for hydroxylation is 1. The van der Waals surface area contributed by atoms with Crippen LogP contribution in [0.1, 0.15) is 18.9 Å². The Bertz CT molecular complexity index is 296. The zero-order chi connectivity index (χ0) is 8.55. The SMILES string of the molecule is CC1CCc2cccc(I)c2N1. The highest BCUT2D eigenvalue weighted by Gasteiger charge is 2.15. The van der Waals surface area contributed by atoms with Crippen LogP contribution in [-0.2, 0) is 6.42 Å². The number of benzene rings is 1. The molecule has 12 heavy (non-hydrogen) atoms. The van der Waals surface area contributed by atoms with E-state index in [-0.39, 0.29) is 0 Å². The Morgan fingerprint density at radius 2 is 2.33 bits per heavy atom. The molecule has 0 fully saturated rings. The topological polar surface area (TPSA) is 12.0 Å². The lowest BCUT2D eigenvalue weighted by Gasteiger charge is -2.24. The Balaban J connectivity index is 2.43. The Kier molecular flexibility index (Phi) is 2.26. The molecule has 0 aliphatic carbocycles. The number of para-hydroxylation sites is 1. The second kappa shape index (κ2) is 3.24. The van der Waals surface area contributed by atoms with E-state index in [1.807, 2.05) is 0 Å². The summed E-state index contributed by atoms with van der Waals surface area (Å²) in [6.07, 6.45) is 2.48. The molecule has 1 aliphatic heterocycles. The fourth-order valence-corrected chi connectivity index (χ4v) is 2.34. The maximum atomic E-state index is 3.52. The number of rotatable bonds is 0. The lowest BCUT2D eigenvalue weighted by atomic mass is 9.99. The molecule has 0 amide bonds. The largest absolute Gasteiger partial charge is 0.382 e. The van der Waals surface area contributed by atoms with Gasteiger partial charge in [-0.3, -0.25) is 0 Å². The van der Waals surface area contributed by atoms with E-state index in [2.05, 4.69) is 53.0 Å². The molecule has 1 N–H and O–H groups in total. The van der Waals surface area contributed by atoms with Crippen LogP contribution in [-0.4, -0.2) is 6.04 Å². The number of hydrogen-bond acceptors (Lipinski definition) is 1. The van der Waals surface area contributed by atoms with Gasteiger partial charge in [-0.05, 0) is 54.0 Å². The summed E-state index contributed by atoms with van der Waals surface area (Å²) < 4.78 is 1.34. The third-order valence-corrected chi connectivity index (χ3v) is 3.24. The van der Waals surface area contributed by atoms with E-state index in [0.717, 1.165) is 0 Å². The molecule has 1 heterocycles. The number of fused-ring (bicyclic) bond motifs is 1. The summed E-state index contributed by atoms with van der Waals surface area (Å²) >= 11 is 2.39. The summed E-state index contributed by atoms with van der Waals surface area (Å²) in [6, 6.07) is 7.15. The lowest BCUT2D eigenvalue weighted by molar-refractivity contribution is 0.680. The molecule has 1 atom stereocenters. The van der Waals surface area contributed by atoms with Gasteiger partial charge in [0, 0.05) is 9.61 Å².